The molecule has 1 heterocycles. The zero-order valence-corrected chi connectivity index (χ0v) is 46.2. The van der Waals surface area contributed by atoms with E-state index in [0.29, 0.717) is 0 Å². The Hall–Kier alpha value is -5.68. The zero-order chi connectivity index (χ0) is 49.8. The molecular formula is C67H62BNS2. The first-order valence-electron chi connectivity index (χ1n) is 26.2. The Bertz CT molecular complexity index is 4170. The zero-order valence-electron chi connectivity index (χ0n) is 44.4. The summed E-state index contributed by atoms with van der Waals surface area (Å²) in [5, 5.41) is 10.0. The van der Waals surface area contributed by atoms with Gasteiger partial charge in [0.25, 0.3) is 0 Å². The number of hydrogen-bond acceptors (Lipinski definition) is 3. The molecule has 0 fully saturated rings. The van der Waals surface area contributed by atoms with Crippen LogP contribution in [-0.2, 0) is 32.1 Å². The van der Waals surface area contributed by atoms with Gasteiger partial charge in [0, 0.05) is 38.1 Å². The molecule has 71 heavy (non-hydrogen) atoms. The summed E-state index contributed by atoms with van der Waals surface area (Å²) in [7, 11) is 2.38. The molecule has 5 aliphatic carbocycles. The van der Waals surface area contributed by atoms with E-state index in [-0.39, 0.29) is 0 Å². The van der Waals surface area contributed by atoms with Crippen LogP contribution in [0.25, 0.3) is 95.4 Å². The fourth-order valence-corrected chi connectivity index (χ4v) is 16.7. The van der Waals surface area contributed by atoms with Crippen molar-refractivity contribution in [2.24, 2.45) is 0 Å². The van der Waals surface area contributed by atoms with Crippen molar-refractivity contribution in [2.45, 2.75) is 139 Å². The monoisotopic (exact) mass is 955 g/mol. The summed E-state index contributed by atoms with van der Waals surface area (Å²) in [6.45, 7) is 37.8. The Kier molecular flexibility index (Phi) is 8.74. The summed E-state index contributed by atoms with van der Waals surface area (Å²) in [5.41, 5.74) is 53.6. The number of nitrogens with one attached hydrogen (secondary N) is 1. The Morgan fingerprint density at radius 1 is 0.423 bits per heavy atom. The minimum absolute atomic E-state index is 0.837. The Labute approximate surface area is 432 Å². The van der Waals surface area contributed by atoms with E-state index in [4.69, 9.17) is 25.3 Å². The second-order valence-corrected chi connectivity index (χ2v) is 23.6. The first kappa shape index (κ1) is 44.1. The van der Waals surface area contributed by atoms with E-state index in [2.05, 4.69) is 135 Å². The fraction of sp³-hybridized carbons (Fsp3) is 0.284. The van der Waals surface area contributed by atoms with Crippen LogP contribution in [0.15, 0.2) is 16.4 Å². The van der Waals surface area contributed by atoms with Crippen molar-refractivity contribution in [3.8, 4) is 55.6 Å². The van der Waals surface area contributed by atoms with Crippen LogP contribution in [0.2, 0.25) is 0 Å². The summed E-state index contributed by atoms with van der Waals surface area (Å²) in [5.74, 6) is 0. The highest BCUT2D eigenvalue weighted by atomic mass is 32.1. The molecule has 14 rings (SSSR count). The topological polar surface area (TPSA) is 12.0 Å². The molecule has 0 bridgehead atoms. The lowest BCUT2D eigenvalue weighted by molar-refractivity contribution is 1.05. The molecule has 350 valence electrons. The molecular weight excluding hydrogens is 894 g/mol. The molecule has 0 unspecified atom stereocenters. The molecule has 0 atom stereocenters. The van der Waals surface area contributed by atoms with Gasteiger partial charge in [-0.15, -0.1) is 25.3 Å². The van der Waals surface area contributed by atoms with Gasteiger partial charge < -0.3 is 5.32 Å². The predicted octanol–water partition coefficient (Wildman–Crippen LogP) is 16.5. The van der Waals surface area contributed by atoms with Crippen LogP contribution in [0.3, 0.4) is 0 Å². The normalized spacial score (nSPS) is 14.2. The summed E-state index contributed by atoms with van der Waals surface area (Å²) < 4.78 is 0. The van der Waals surface area contributed by atoms with Crippen LogP contribution >= 0.6 is 25.3 Å². The number of rotatable bonds is 3. The molecule has 1 N–H and O–H groups in total. The Morgan fingerprint density at radius 3 is 1.61 bits per heavy atom. The summed E-state index contributed by atoms with van der Waals surface area (Å²) in [4.78, 5) is 2.28. The van der Waals surface area contributed by atoms with Crippen LogP contribution in [0.5, 0.6) is 0 Å². The SMILES string of the molecule is Bc1c(S)c(C)c2c3c4c5c(c(C)c(C)c6c5c(c13)-c1c(C)c3c5c(c1N6)Cc1c(C)c(C)c6c(c1-5)-c1c(c(C)c(S)c(C)c1C6)C3)C=Cc1c(C)c(C=C)c(-c3c(C)c(C)c(C)c(CC)c3C)c(c1-4)C2. The van der Waals surface area contributed by atoms with Gasteiger partial charge in [0.1, 0.15) is 7.85 Å². The van der Waals surface area contributed by atoms with Crippen molar-refractivity contribution in [3.05, 3.63) is 146 Å². The number of thiol groups is 2. The van der Waals surface area contributed by atoms with Crippen LogP contribution in [0.4, 0.5) is 11.4 Å². The van der Waals surface area contributed by atoms with Crippen molar-refractivity contribution < 1.29 is 0 Å². The molecule has 0 aromatic heterocycles. The lowest BCUT2D eigenvalue weighted by atomic mass is 9.67. The van der Waals surface area contributed by atoms with Gasteiger partial charge in [-0.1, -0.05) is 37.2 Å². The highest BCUT2D eigenvalue weighted by Crippen LogP contribution is 2.65. The number of fused-ring (bicyclic) bond motifs is 4. The van der Waals surface area contributed by atoms with Crippen molar-refractivity contribution >= 4 is 89.7 Å². The molecule has 4 heteroatoms. The van der Waals surface area contributed by atoms with Gasteiger partial charge in [-0.3, -0.25) is 0 Å². The van der Waals surface area contributed by atoms with Gasteiger partial charge in [-0.25, -0.2) is 0 Å². The average molecular weight is 956 g/mol. The second kappa shape index (κ2) is 14.1. The second-order valence-electron chi connectivity index (χ2n) is 22.7. The maximum absolute atomic E-state index is 5.59. The van der Waals surface area contributed by atoms with Crippen molar-refractivity contribution in [1.29, 1.82) is 0 Å². The molecule has 0 radical (unpaired) electrons. The van der Waals surface area contributed by atoms with E-state index in [1.54, 1.807) is 0 Å². The smallest absolute Gasteiger partial charge is 0.141 e. The van der Waals surface area contributed by atoms with E-state index >= 15 is 0 Å². The van der Waals surface area contributed by atoms with Crippen molar-refractivity contribution in [2.75, 3.05) is 5.32 Å². The van der Waals surface area contributed by atoms with E-state index in [1.165, 1.54) is 233 Å². The van der Waals surface area contributed by atoms with E-state index in [0.717, 1.165) is 41.9 Å². The molecule has 6 aliphatic rings. The van der Waals surface area contributed by atoms with Crippen molar-refractivity contribution in [1.82, 2.24) is 0 Å². The first-order valence-corrected chi connectivity index (χ1v) is 27.1. The van der Waals surface area contributed by atoms with Gasteiger partial charge in [0.2, 0.25) is 0 Å². The lowest BCUT2D eigenvalue weighted by Crippen LogP contribution is -2.20. The third-order valence-electron chi connectivity index (χ3n) is 20.3. The summed E-state index contributed by atoms with van der Waals surface area (Å²) in [6, 6.07) is 0. The first-order chi connectivity index (χ1) is 33.9. The van der Waals surface area contributed by atoms with Gasteiger partial charge in [-0.2, -0.15) is 0 Å². The van der Waals surface area contributed by atoms with Crippen molar-refractivity contribution in [3.63, 3.8) is 0 Å². The van der Waals surface area contributed by atoms with Crippen LogP contribution in [-0.4, -0.2) is 7.85 Å². The molecule has 8 aromatic carbocycles. The maximum atomic E-state index is 5.59. The Morgan fingerprint density at radius 2 is 0.972 bits per heavy atom. The van der Waals surface area contributed by atoms with Crippen LogP contribution in [0, 0.1) is 90.0 Å². The third-order valence-corrected chi connectivity index (χ3v) is 21.7. The number of benzene rings is 8. The van der Waals surface area contributed by atoms with Gasteiger partial charge >= 0.3 is 0 Å². The third kappa shape index (κ3) is 4.84. The van der Waals surface area contributed by atoms with Gasteiger partial charge in [0.15, 0.2) is 0 Å². The van der Waals surface area contributed by atoms with E-state index in [1.807, 2.05) is 0 Å². The van der Waals surface area contributed by atoms with Gasteiger partial charge in [0.05, 0.1) is 11.4 Å². The van der Waals surface area contributed by atoms with E-state index < -0.39 is 0 Å². The van der Waals surface area contributed by atoms with Crippen LogP contribution in [0.1, 0.15) is 146 Å². The molecule has 1 aliphatic heterocycles. The highest BCUT2D eigenvalue weighted by molar-refractivity contribution is 7.80. The van der Waals surface area contributed by atoms with Crippen LogP contribution < -0.4 is 10.8 Å². The van der Waals surface area contributed by atoms with E-state index in [9.17, 15) is 0 Å². The molecule has 0 saturated heterocycles. The minimum Gasteiger partial charge on any atom is -0.354 e. The quantitative estimate of drug-likeness (QED) is 0.0911. The number of hydrogen-bond donors (Lipinski definition) is 3. The predicted molar refractivity (Wildman–Crippen MR) is 316 cm³/mol. The minimum atomic E-state index is 0.837. The Balaban J connectivity index is 1.19. The molecule has 0 saturated carbocycles. The van der Waals surface area contributed by atoms with Gasteiger partial charge in [-0.05, 0) is 310 Å². The molecule has 1 nitrogen and oxygen atoms in total. The summed E-state index contributed by atoms with van der Waals surface area (Å²) >= 11 is 10.9. The largest absolute Gasteiger partial charge is 0.354 e. The molecule has 0 spiro atoms. The molecule has 8 aromatic rings. The highest BCUT2D eigenvalue weighted by Gasteiger charge is 2.44. The molecule has 0 amide bonds. The average Bonchev–Trinajstić information content (AvgIpc) is 3.84. The fourth-order valence-electron chi connectivity index (χ4n) is 16.1. The lowest BCUT2D eigenvalue weighted by Gasteiger charge is -2.37. The number of anilines is 2. The summed E-state index contributed by atoms with van der Waals surface area (Å²) in [6.07, 6.45) is 11.8. The maximum Gasteiger partial charge on any atom is 0.141 e. The standard InChI is InChI=1S/C67H62BNS2/c1-16-37-25(4)24(3)29(8)49(32(37)11)51-38(17-2)31(10)40-19-18-39-28(7)30(9)64-62-55(39)60-52(40)47(51)22-46-36(15)67(71)63(68)61(58(46)60)59(62)50-33(12)43-21-45-35(14)66(70)34(13)44-20-41-26(5)27(6)42-23-48(65(50)69-64)54(43)57(42)56(41)53(44)45/h17-19,69-71H,2,16,20-23,68H2,1,3-15H3.